The first-order chi connectivity index (χ1) is 11.6. The first-order valence-electron chi connectivity index (χ1n) is 8.23. The average molecular weight is 340 g/mol. The van der Waals surface area contributed by atoms with Crippen LogP contribution in [0.2, 0.25) is 0 Å². The number of benzene rings is 2. The summed E-state index contributed by atoms with van der Waals surface area (Å²) < 4.78 is 28.2. The zero-order chi connectivity index (χ0) is 16.7. The fraction of sp³-hybridized carbons (Fsp3) is 0.263. The Hall–Kier alpha value is -2.11. The third-order valence-corrected chi connectivity index (χ3v) is 6.41. The van der Waals surface area contributed by atoms with Crippen molar-refractivity contribution in [1.82, 2.24) is 9.29 Å². The second-order valence-electron chi connectivity index (χ2n) is 6.31. The van der Waals surface area contributed by atoms with Crippen molar-refractivity contribution in [3.63, 3.8) is 0 Å². The van der Waals surface area contributed by atoms with E-state index in [1.54, 1.807) is 28.2 Å². The molecule has 3 aromatic rings. The fourth-order valence-corrected chi connectivity index (χ4v) is 5.13. The smallest absolute Gasteiger partial charge is 0.268 e. The monoisotopic (exact) mass is 340 g/mol. The van der Waals surface area contributed by atoms with Gasteiger partial charge >= 0.3 is 0 Å². The molecule has 0 unspecified atom stereocenters. The van der Waals surface area contributed by atoms with Crippen LogP contribution in [0.25, 0.3) is 10.9 Å². The molecule has 1 aliphatic rings. The van der Waals surface area contributed by atoms with Crippen LogP contribution in [0, 0.1) is 6.92 Å². The molecular weight excluding hydrogens is 320 g/mol. The van der Waals surface area contributed by atoms with E-state index in [0.29, 0.717) is 11.4 Å². The quantitative estimate of drug-likeness (QED) is 0.779. The minimum atomic E-state index is -3.60. The summed E-state index contributed by atoms with van der Waals surface area (Å²) >= 11 is 0. The number of nitrogens with zero attached hydrogens (tertiary/aromatic N) is 1. The Morgan fingerprint density at radius 1 is 1.08 bits per heavy atom. The minimum absolute atomic E-state index is 0.336. The molecule has 124 valence electrons. The lowest BCUT2D eigenvalue weighted by Crippen LogP contribution is -2.16. The van der Waals surface area contributed by atoms with E-state index in [-0.39, 0.29) is 0 Å². The molecule has 2 heterocycles. The van der Waals surface area contributed by atoms with Crippen LogP contribution in [0.1, 0.15) is 23.2 Å². The average Bonchev–Trinajstić information content (AvgIpc) is 2.73. The van der Waals surface area contributed by atoms with Gasteiger partial charge in [-0.25, -0.2) is 12.4 Å². The predicted octanol–water partition coefficient (Wildman–Crippen LogP) is 3.22. The zero-order valence-electron chi connectivity index (χ0n) is 13.6. The summed E-state index contributed by atoms with van der Waals surface area (Å²) in [6, 6.07) is 14.7. The molecule has 0 aliphatic carbocycles. The van der Waals surface area contributed by atoms with Crippen molar-refractivity contribution in [3.8, 4) is 0 Å². The summed E-state index contributed by atoms with van der Waals surface area (Å²) in [5.41, 5.74) is 3.96. The SMILES string of the molecule is Cc1ccc2c(c1)c1c(n2S(=O)(=O)c2ccccc2)CCCNC1. The number of rotatable bonds is 2. The van der Waals surface area contributed by atoms with Gasteiger partial charge in [-0.2, -0.15) is 0 Å². The van der Waals surface area contributed by atoms with Gasteiger partial charge in [-0.15, -0.1) is 0 Å². The van der Waals surface area contributed by atoms with E-state index >= 15 is 0 Å². The Kier molecular flexibility index (Phi) is 3.70. The summed E-state index contributed by atoms with van der Waals surface area (Å²) in [4.78, 5) is 0.336. The normalized spacial score (nSPS) is 15.2. The molecule has 0 saturated carbocycles. The molecule has 0 atom stereocenters. The maximum absolute atomic E-state index is 13.3. The van der Waals surface area contributed by atoms with Crippen molar-refractivity contribution in [1.29, 1.82) is 0 Å². The van der Waals surface area contributed by atoms with Crippen LogP contribution in [0.15, 0.2) is 53.4 Å². The molecule has 1 aromatic heterocycles. The van der Waals surface area contributed by atoms with Gasteiger partial charge in [0.25, 0.3) is 10.0 Å². The van der Waals surface area contributed by atoms with Gasteiger partial charge < -0.3 is 5.32 Å². The van der Waals surface area contributed by atoms with Gasteiger partial charge in [-0.1, -0.05) is 29.8 Å². The van der Waals surface area contributed by atoms with Gasteiger partial charge in [0.15, 0.2) is 0 Å². The Bertz CT molecular complexity index is 1000. The Morgan fingerprint density at radius 2 is 1.88 bits per heavy atom. The maximum Gasteiger partial charge on any atom is 0.268 e. The molecule has 24 heavy (non-hydrogen) atoms. The van der Waals surface area contributed by atoms with Crippen LogP contribution in [0.5, 0.6) is 0 Å². The molecule has 0 amide bonds. The number of fused-ring (bicyclic) bond motifs is 3. The highest BCUT2D eigenvalue weighted by Gasteiger charge is 2.27. The van der Waals surface area contributed by atoms with Crippen LogP contribution < -0.4 is 5.32 Å². The Labute approximate surface area is 142 Å². The van der Waals surface area contributed by atoms with Crippen LogP contribution in [0.3, 0.4) is 0 Å². The van der Waals surface area contributed by atoms with Gasteiger partial charge in [0.05, 0.1) is 10.4 Å². The lowest BCUT2D eigenvalue weighted by Gasteiger charge is -2.12. The van der Waals surface area contributed by atoms with Crippen molar-refractivity contribution in [3.05, 3.63) is 65.4 Å². The highest BCUT2D eigenvalue weighted by Crippen LogP contribution is 2.32. The molecule has 2 aromatic carbocycles. The summed E-state index contributed by atoms with van der Waals surface area (Å²) in [6.07, 6.45) is 1.70. The van der Waals surface area contributed by atoms with Gasteiger partial charge in [0.1, 0.15) is 0 Å². The molecule has 0 fully saturated rings. The lowest BCUT2D eigenvalue weighted by molar-refractivity contribution is 0.586. The predicted molar refractivity (Wildman–Crippen MR) is 95.7 cm³/mol. The summed E-state index contributed by atoms with van der Waals surface area (Å²) in [5, 5.41) is 4.45. The van der Waals surface area contributed by atoms with Gasteiger partial charge in [-0.3, -0.25) is 0 Å². The van der Waals surface area contributed by atoms with Crippen molar-refractivity contribution in [2.45, 2.75) is 31.2 Å². The van der Waals surface area contributed by atoms with Crippen molar-refractivity contribution in [2.24, 2.45) is 0 Å². The summed E-state index contributed by atoms with van der Waals surface area (Å²) in [5.74, 6) is 0. The first-order valence-corrected chi connectivity index (χ1v) is 9.67. The van der Waals surface area contributed by atoms with Gasteiger partial charge in [-0.05, 0) is 56.1 Å². The van der Waals surface area contributed by atoms with E-state index in [4.69, 9.17) is 0 Å². The summed E-state index contributed by atoms with van der Waals surface area (Å²) in [7, 11) is -3.60. The molecule has 5 heteroatoms. The molecule has 0 spiro atoms. The highest BCUT2D eigenvalue weighted by molar-refractivity contribution is 7.90. The Balaban J connectivity index is 2.07. The fourth-order valence-electron chi connectivity index (χ4n) is 3.51. The number of hydrogen-bond acceptors (Lipinski definition) is 3. The highest BCUT2D eigenvalue weighted by atomic mass is 32.2. The van der Waals surface area contributed by atoms with Gasteiger partial charge in [0, 0.05) is 17.6 Å². The van der Waals surface area contributed by atoms with Crippen molar-refractivity contribution >= 4 is 20.9 Å². The number of nitrogens with one attached hydrogen (secondary N) is 1. The standard InChI is InChI=1S/C19H20N2O2S/c1-14-9-10-19-16(12-14)17-13-20-11-5-8-18(17)21(19)24(22,23)15-6-3-2-4-7-15/h2-4,6-7,9-10,12,20H,5,8,11,13H2,1H3. The third kappa shape index (κ3) is 2.36. The molecule has 1 aliphatic heterocycles. The largest absolute Gasteiger partial charge is 0.313 e. The maximum atomic E-state index is 13.3. The number of aryl methyl sites for hydroxylation is 1. The summed E-state index contributed by atoms with van der Waals surface area (Å²) in [6.45, 7) is 3.67. The molecule has 0 bridgehead atoms. The molecule has 0 saturated heterocycles. The molecule has 4 rings (SSSR count). The van der Waals surface area contributed by atoms with Crippen LogP contribution in [-0.4, -0.2) is 18.9 Å². The zero-order valence-corrected chi connectivity index (χ0v) is 14.4. The van der Waals surface area contributed by atoms with E-state index < -0.39 is 10.0 Å². The number of aromatic nitrogens is 1. The van der Waals surface area contributed by atoms with Crippen LogP contribution in [0.4, 0.5) is 0 Å². The van der Waals surface area contributed by atoms with E-state index in [9.17, 15) is 8.42 Å². The first kappa shape index (κ1) is 15.4. The number of hydrogen-bond donors (Lipinski definition) is 1. The van der Waals surface area contributed by atoms with Crippen molar-refractivity contribution < 1.29 is 8.42 Å². The minimum Gasteiger partial charge on any atom is -0.313 e. The van der Waals surface area contributed by atoms with Crippen molar-refractivity contribution in [2.75, 3.05) is 6.54 Å². The molecule has 4 nitrogen and oxygen atoms in total. The second-order valence-corrected chi connectivity index (χ2v) is 8.10. The second kappa shape index (κ2) is 5.76. The van der Waals surface area contributed by atoms with Crippen LogP contribution in [-0.2, 0) is 23.0 Å². The third-order valence-electron chi connectivity index (χ3n) is 4.64. The molecule has 0 radical (unpaired) electrons. The van der Waals surface area contributed by atoms with E-state index in [0.717, 1.165) is 47.1 Å². The molecule has 1 N–H and O–H groups in total. The Morgan fingerprint density at radius 3 is 2.67 bits per heavy atom. The van der Waals surface area contributed by atoms with Crippen LogP contribution >= 0.6 is 0 Å². The van der Waals surface area contributed by atoms with E-state index in [1.807, 2.05) is 25.1 Å². The van der Waals surface area contributed by atoms with E-state index in [2.05, 4.69) is 11.4 Å². The van der Waals surface area contributed by atoms with Gasteiger partial charge in [0.2, 0.25) is 0 Å². The topological polar surface area (TPSA) is 51.1 Å². The van der Waals surface area contributed by atoms with E-state index in [1.165, 1.54) is 0 Å². The lowest BCUT2D eigenvalue weighted by atomic mass is 10.1. The molecular formula is C19H20N2O2S.